The quantitative estimate of drug-likeness (QED) is 0.683. The summed E-state index contributed by atoms with van der Waals surface area (Å²) in [6, 6.07) is 12.2. The molecule has 0 radical (unpaired) electrons. The first-order chi connectivity index (χ1) is 13.1. The lowest BCUT2D eigenvalue weighted by atomic mass is 10.1. The van der Waals surface area contributed by atoms with Crippen LogP contribution >= 0.6 is 0 Å². The molecule has 0 bridgehead atoms. The van der Waals surface area contributed by atoms with Gasteiger partial charge in [-0.05, 0) is 24.6 Å². The third-order valence-corrected chi connectivity index (χ3v) is 4.56. The van der Waals surface area contributed by atoms with E-state index in [0.717, 1.165) is 22.8 Å². The van der Waals surface area contributed by atoms with E-state index in [-0.39, 0.29) is 0 Å². The van der Waals surface area contributed by atoms with E-state index in [1.54, 1.807) is 21.3 Å². The van der Waals surface area contributed by atoms with Gasteiger partial charge in [-0.2, -0.15) is 0 Å². The van der Waals surface area contributed by atoms with Crippen LogP contribution in [0.2, 0.25) is 0 Å². The zero-order valence-corrected chi connectivity index (χ0v) is 16.4. The lowest BCUT2D eigenvalue weighted by molar-refractivity contribution is 0.322. The van der Waals surface area contributed by atoms with E-state index < -0.39 is 0 Å². The maximum atomic E-state index is 5.54. The molecule has 1 aromatic heterocycles. The highest BCUT2D eigenvalue weighted by molar-refractivity contribution is 5.62. The monoisotopic (exact) mass is 367 g/mol. The van der Waals surface area contributed by atoms with Crippen LogP contribution in [-0.2, 0) is 13.6 Å². The van der Waals surface area contributed by atoms with Crippen molar-refractivity contribution in [3.8, 4) is 28.5 Å². The second-order valence-electron chi connectivity index (χ2n) is 6.24. The number of nitrogens with zero attached hydrogens (tertiary/aromatic N) is 2. The average molecular weight is 367 g/mol. The van der Waals surface area contributed by atoms with Crippen LogP contribution in [0.15, 0.2) is 42.6 Å². The molecule has 3 aromatic rings. The third-order valence-electron chi connectivity index (χ3n) is 4.56. The number of benzene rings is 2. The topological polar surface area (TPSA) is 57.5 Å². The van der Waals surface area contributed by atoms with Gasteiger partial charge in [0.1, 0.15) is 0 Å². The number of aromatic nitrogens is 2. The van der Waals surface area contributed by atoms with Gasteiger partial charge < -0.3 is 24.1 Å². The van der Waals surface area contributed by atoms with Gasteiger partial charge in [0.05, 0.1) is 33.2 Å². The number of rotatable bonds is 7. The Balaban J connectivity index is 1.83. The van der Waals surface area contributed by atoms with Gasteiger partial charge in [0.2, 0.25) is 11.7 Å². The molecule has 1 heterocycles. The molecule has 142 valence electrons. The molecule has 0 spiro atoms. The first-order valence-electron chi connectivity index (χ1n) is 8.69. The maximum Gasteiger partial charge on any atom is 0.203 e. The summed E-state index contributed by atoms with van der Waals surface area (Å²) in [7, 11) is 6.83. The minimum Gasteiger partial charge on any atom is -0.493 e. The largest absolute Gasteiger partial charge is 0.493 e. The fraction of sp³-hybridized carbons (Fsp3) is 0.286. The van der Waals surface area contributed by atoms with Crippen molar-refractivity contribution >= 4 is 5.95 Å². The van der Waals surface area contributed by atoms with Crippen molar-refractivity contribution < 1.29 is 14.2 Å². The number of ether oxygens (including phenoxy) is 3. The number of nitrogens with one attached hydrogen (secondary N) is 1. The van der Waals surface area contributed by atoms with Gasteiger partial charge >= 0.3 is 0 Å². The van der Waals surface area contributed by atoms with Gasteiger partial charge in [0.15, 0.2) is 11.5 Å². The van der Waals surface area contributed by atoms with Crippen molar-refractivity contribution in [2.24, 2.45) is 7.05 Å². The van der Waals surface area contributed by atoms with E-state index in [1.165, 1.54) is 5.56 Å². The molecule has 6 nitrogen and oxygen atoms in total. The molecule has 27 heavy (non-hydrogen) atoms. The molecular weight excluding hydrogens is 342 g/mol. The molecule has 0 saturated carbocycles. The van der Waals surface area contributed by atoms with Gasteiger partial charge in [-0.3, -0.25) is 0 Å². The Labute approximate surface area is 159 Å². The molecular formula is C21H25N3O3. The van der Waals surface area contributed by atoms with Crippen LogP contribution in [0.3, 0.4) is 0 Å². The van der Waals surface area contributed by atoms with Crippen molar-refractivity contribution in [3.63, 3.8) is 0 Å². The van der Waals surface area contributed by atoms with Crippen LogP contribution in [0.1, 0.15) is 11.1 Å². The minimum atomic E-state index is 0.543. The van der Waals surface area contributed by atoms with Gasteiger partial charge in [-0.1, -0.05) is 29.8 Å². The van der Waals surface area contributed by atoms with E-state index in [4.69, 9.17) is 14.2 Å². The molecule has 0 unspecified atom stereocenters. The molecule has 0 aliphatic carbocycles. The predicted molar refractivity (Wildman–Crippen MR) is 107 cm³/mol. The second kappa shape index (κ2) is 8.03. The Hall–Kier alpha value is -3.15. The van der Waals surface area contributed by atoms with Crippen LogP contribution in [0.4, 0.5) is 5.95 Å². The van der Waals surface area contributed by atoms with Crippen LogP contribution in [-0.4, -0.2) is 30.9 Å². The highest BCUT2D eigenvalue weighted by Crippen LogP contribution is 2.40. The second-order valence-corrected chi connectivity index (χ2v) is 6.24. The number of hydrogen-bond donors (Lipinski definition) is 1. The summed E-state index contributed by atoms with van der Waals surface area (Å²) in [5.41, 5.74) is 4.37. The summed E-state index contributed by atoms with van der Waals surface area (Å²) in [6.07, 6.45) is 1.87. The van der Waals surface area contributed by atoms with E-state index in [9.17, 15) is 0 Å². The molecule has 0 aliphatic rings. The van der Waals surface area contributed by atoms with Crippen molar-refractivity contribution in [2.45, 2.75) is 13.5 Å². The van der Waals surface area contributed by atoms with Gasteiger partial charge in [0.25, 0.3) is 0 Å². The third kappa shape index (κ3) is 3.69. The molecule has 0 aliphatic heterocycles. The van der Waals surface area contributed by atoms with Gasteiger partial charge in [-0.15, -0.1) is 0 Å². The van der Waals surface area contributed by atoms with Crippen LogP contribution in [0.5, 0.6) is 17.2 Å². The highest BCUT2D eigenvalue weighted by atomic mass is 16.5. The molecule has 0 fully saturated rings. The number of aryl methyl sites for hydroxylation is 1. The normalized spacial score (nSPS) is 10.6. The number of hydrogen-bond acceptors (Lipinski definition) is 5. The number of imidazole rings is 1. The molecule has 0 saturated heterocycles. The summed E-state index contributed by atoms with van der Waals surface area (Å²) < 4.78 is 18.4. The number of anilines is 1. The van der Waals surface area contributed by atoms with Crippen LogP contribution in [0, 0.1) is 6.92 Å². The van der Waals surface area contributed by atoms with E-state index in [0.29, 0.717) is 23.8 Å². The summed E-state index contributed by atoms with van der Waals surface area (Å²) in [5.74, 6) is 2.65. The Morgan fingerprint density at radius 1 is 0.926 bits per heavy atom. The molecule has 2 aromatic carbocycles. The van der Waals surface area contributed by atoms with E-state index in [1.807, 2.05) is 29.9 Å². The van der Waals surface area contributed by atoms with Crippen molar-refractivity contribution in [2.75, 3.05) is 26.6 Å². The summed E-state index contributed by atoms with van der Waals surface area (Å²) >= 11 is 0. The molecule has 3 rings (SSSR count). The predicted octanol–water partition coefficient (Wildman–Crippen LogP) is 4.03. The highest BCUT2D eigenvalue weighted by Gasteiger charge is 2.16. The molecule has 0 amide bonds. The first kappa shape index (κ1) is 18.6. The Morgan fingerprint density at radius 2 is 1.63 bits per heavy atom. The summed E-state index contributed by atoms with van der Waals surface area (Å²) in [4.78, 5) is 4.52. The van der Waals surface area contributed by atoms with E-state index in [2.05, 4.69) is 41.5 Å². The fourth-order valence-electron chi connectivity index (χ4n) is 3.04. The van der Waals surface area contributed by atoms with Gasteiger partial charge in [0, 0.05) is 19.2 Å². The first-order valence-corrected chi connectivity index (χ1v) is 8.69. The zero-order valence-electron chi connectivity index (χ0n) is 16.4. The Morgan fingerprint density at radius 3 is 2.26 bits per heavy atom. The van der Waals surface area contributed by atoms with Crippen LogP contribution < -0.4 is 19.5 Å². The lowest BCUT2D eigenvalue weighted by Gasteiger charge is -2.16. The summed E-state index contributed by atoms with van der Waals surface area (Å²) in [6.45, 7) is 2.62. The lowest BCUT2D eigenvalue weighted by Crippen LogP contribution is -2.07. The number of methoxy groups -OCH3 is 3. The fourth-order valence-corrected chi connectivity index (χ4v) is 3.04. The minimum absolute atomic E-state index is 0.543. The Kier molecular flexibility index (Phi) is 5.54. The van der Waals surface area contributed by atoms with E-state index >= 15 is 0 Å². The molecule has 1 N–H and O–H groups in total. The zero-order chi connectivity index (χ0) is 19.4. The SMILES string of the molecule is COc1ccc(CNc2ncc(-c3ccc(C)cc3)n2C)c(OC)c1OC. The molecule has 0 atom stereocenters. The smallest absolute Gasteiger partial charge is 0.203 e. The van der Waals surface area contributed by atoms with Gasteiger partial charge in [-0.25, -0.2) is 4.98 Å². The maximum absolute atomic E-state index is 5.54. The van der Waals surface area contributed by atoms with Crippen LogP contribution in [0.25, 0.3) is 11.3 Å². The summed E-state index contributed by atoms with van der Waals surface area (Å²) in [5, 5.41) is 3.37. The average Bonchev–Trinajstić information content (AvgIpc) is 3.06. The van der Waals surface area contributed by atoms with Crippen molar-refractivity contribution in [1.29, 1.82) is 0 Å². The standard InChI is InChI=1S/C21H25N3O3/c1-14-6-8-15(9-7-14)17-13-23-21(24(17)2)22-12-16-10-11-18(25-3)20(27-5)19(16)26-4/h6-11,13H,12H2,1-5H3,(H,22,23). The van der Waals surface area contributed by atoms with Crippen molar-refractivity contribution in [3.05, 3.63) is 53.7 Å². The molecule has 6 heteroatoms. The van der Waals surface area contributed by atoms with Crippen molar-refractivity contribution in [1.82, 2.24) is 9.55 Å². The Bertz CT molecular complexity index is 917.